The van der Waals surface area contributed by atoms with Crippen LogP contribution in [-0.4, -0.2) is 27.3 Å². The minimum atomic E-state index is -0.496. The van der Waals surface area contributed by atoms with Gasteiger partial charge in [-0.15, -0.1) is 0 Å². The number of aromatic nitrogens is 3. The summed E-state index contributed by atoms with van der Waals surface area (Å²) in [6.07, 6.45) is 1.36. The van der Waals surface area contributed by atoms with Crippen molar-refractivity contribution in [1.29, 1.82) is 5.26 Å². The Bertz CT molecular complexity index is 1660. The third kappa shape index (κ3) is 3.96. The summed E-state index contributed by atoms with van der Waals surface area (Å²) in [5, 5.41) is 18.1. The van der Waals surface area contributed by atoms with Gasteiger partial charge in [-0.1, -0.05) is 18.2 Å². The molecule has 0 aliphatic carbocycles. The molecule has 0 aliphatic rings. The lowest BCUT2D eigenvalue weighted by atomic mass is 10.1. The van der Waals surface area contributed by atoms with Crippen molar-refractivity contribution in [1.82, 2.24) is 14.8 Å². The molecule has 0 atom stereocenters. The standard InChI is InChI=1S/C25H17N5O4/c1-15-10-24(32)34-21-11-18(7-8-19(15)21)33-14-23(31)29-25-17(12-26)13-27-30(25)22-9-6-16-4-2-3-5-20(16)28-22/h2-11,13H,14H2,1H3,(H,29,31). The van der Waals surface area contributed by atoms with Gasteiger partial charge in [-0.25, -0.2) is 9.78 Å². The molecule has 9 heteroatoms. The predicted octanol–water partition coefficient (Wildman–Crippen LogP) is 3.72. The smallest absolute Gasteiger partial charge is 0.336 e. The van der Waals surface area contributed by atoms with Crippen LogP contribution < -0.4 is 15.7 Å². The van der Waals surface area contributed by atoms with Gasteiger partial charge < -0.3 is 14.5 Å². The molecular weight excluding hydrogens is 434 g/mol. The van der Waals surface area contributed by atoms with Crippen LogP contribution in [0, 0.1) is 18.3 Å². The van der Waals surface area contributed by atoms with Crippen LogP contribution in [0.4, 0.5) is 5.82 Å². The van der Waals surface area contributed by atoms with Gasteiger partial charge in [-0.3, -0.25) is 4.79 Å². The van der Waals surface area contributed by atoms with Crippen LogP contribution in [0.1, 0.15) is 11.1 Å². The molecular formula is C25H17N5O4. The summed E-state index contributed by atoms with van der Waals surface area (Å²) < 4.78 is 12.2. The van der Waals surface area contributed by atoms with Crippen LogP contribution in [0.3, 0.4) is 0 Å². The largest absolute Gasteiger partial charge is 0.484 e. The average Bonchev–Trinajstić information content (AvgIpc) is 3.24. The fourth-order valence-electron chi connectivity index (χ4n) is 3.61. The van der Waals surface area contributed by atoms with E-state index in [1.54, 1.807) is 24.3 Å². The Balaban J connectivity index is 1.36. The summed E-state index contributed by atoms with van der Waals surface area (Å²) in [7, 11) is 0. The Kier molecular flexibility index (Phi) is 5.24. The Morgan fingerprint density at radius 2 is 2.03 bits per heavy atom. The van der Waals surface area contributed by atoms with Crippen molar-refractivity contribution >= 4 is 33.6 Å². The molecule has 0 aliphatic heterocycles. The first kappa shape index (κ1) is 20.9. The first-order valence-electron chi connectivity index (χ1n) is 10.3. The van der Waals surface area contributed by atoms with Gasteiger partial charge >= 0.3 is 5.63 Å². The number of para-hydroxylation sites is 1. The SMILES string of the molecule is Cc1cc(=O)oc2cc(OCC(=O)Nc3c(C#N)cnn3-c3ccc4ccccc4n3)ccc12. The quantitative estimate of drug-likeness (QED) is 0.404. The number of ether oxygens (including phenoxy) is 1. The van der Waals surface area contributed by atoms with E-state index in [4.69, 9.17) is 9.15 Å². The first-order valence-corrected chi connectivity index (χ1v) is 10.3. The lowest BCUT2D eigenvalue weighted by Crippen LogP contribution is -2.22. The van der Waals surface area contributed by atoms with E-state index in [1.807, 2.05) is 43.3 Å². The van der Waals surface area contributed by atoms with E-state index in [0.717, 1.165) is 21.9 Å². The number of carbonyl (C=O) groups excluding carboxylic acids is 1. The number of hydrogen-bond donors (Lipinski definition) is 1. The van der Waals surface area contributed by atoms with Gasteiger partial charge in [-0.05, 0) is 42.8 Å². The van der Waals surface area contributed by atoms with Crippen molar-refractivity contribution in [3.63, 3.8) is 0 Å². The molecule has 0 unspecified atom stereocenters. The van der Waals surface area contributed by atoms with Crippen molar-refractivity contribution in [2.45, 2.75) is 6.92 Å². The second-order valence-corrected chi connectivity index (χ2v) is 7.54. The number of aryl methyl sites for hydroxylation is 1. The highest BCUT2D eigenvalue weighted by atomic mass is 16.5. The highest BCUT2D eigenvalue weighted by Gasteiger charge is 2.17. The molecule has 0 spiro atoms. The van der Waals surface area contributed by atoms with E-state index in [-0.39, 0.29) is 18.0 Å². The van der Waals surface area contributed by atoms with E-state index < -0.39 is 11.5 Å². The van der Waals surface area contributed by atoms with Crippen LogP contribution in [0.15, 0.2) is 76.1 Å². The molecule has 1 amide bonds. The summed E-state index contributed by atoms with van der Waals surface area (Å²) in [4.78, 5) is 28.8. The fraction of sp³-hybridized carbons (Fsp3) is 0.0800. The number of amides is 1. The minimum Gasteiger partial charge on any atom is -0.484 e. The van der Waals surface area contributed by atoms with Gasteiger partial charge in [0, 0.05) is 22.9 Å². The Labute approximate surface area is 192 Å². The van der Waals surface area contributed by atoms with Crippen LogP contribution in [0.5, 0.6) is 5.75 Å². The van der Waals surface area contributed by atoms with Crippen LogP contribution >= 0.6 is 0 Å². The van der Waals surface area contributed by atoms with E-state index in [1.165, 1.54) is 16.9 Å². The van der Waals surface area contributed by atoms with Crippen molar-refractivity contribution in [2.24, 2.45) is 0 Å². The van der Waals surface area contributed by atoms with Crippen molar-refractivity contribution in [3.8, 4) is 17.6 Å². The summed E-state index contributed by atoms with van der Waals surface area (Å²) in [6.45, 7) is 1.48. The number of fused-ring (bicyclic) bond motifs is 2. The maximum atomic E-state index is 12.6. The number of anilines is 1. The van der Waals surface area contributed by atoms with Gasteiger partial charge in [-0.2, -0.15) is 15.0 Å². The lowest BCUT2D eigenvalue weighted by Gasteiger charge is -2.11. The van der Waals surface area contributed by atoms with E-state index >= 15 is 0 Å². The highest BCUT2D eigenvalue weighted by molar-refractivity contribution is 5.92. The summed E-state index contributed by atoms with van der Waals surface area (Å²) in [5.74, 6) is 0.516. The molecule has 0 saturated carbocycles. The number of nitrogens with zero attached hydrogens (tertiary/aromatic N) is 4. The summed E-state index contributed by atoms with van der Waals surface area (Å²) in [5.41, 5.74) is 1.64. The molecule has 1 N–H and O–H groups in total. The van der Waals surface area contributed by atoms with Crippen molar-refractivity contribution < 1.29 is 13.9 Å². The molecule has 2 aromatic carbocycles. The number of rotatable bonds is 5. The number of hydrogen-bond acceptors (Lipinski definition) is 7. The van der Waals surface area contributed by atoms with Crippen LogP contribution in [0.25, 0.3) is 27.7 Å². The molecule has 166 valence electrons. The second-order valence-electron chi connectivity index (χ2n) is 7.54. The number of nitrogens with one attached hydrogen (secondary N) is 1. The van der Waals surface area contributed by atoms with Gasteiger partial charge in [0.05, 0.1) is 11.7 Å². The molecule has 5 rings (SSSR count). The summed E-state index contributed by atoms with van der Waals surface area (Å²) >= 11 is 0. The van der Waals surface area contributed by atoms with Crippen LogP contribution in [-0.2, 0) is 4.79 Å². The Hall–Kier alpha value is -4.97. The minimum absolute atomic E-state index is 0.186. The lowest BCUT2D eigenvalue weighted by molar-refractivity contribution is -0.118. The van der Waals surface area contributed by atoms with Gasteiger partial charge in [0.25, 0.3) is 5.91 Å². The zero-order valence-electron chi connectivity index (χ0n) is 18.0. The van der Waals surface area contributed by atoms with Crippen LogP contribution in [0.2, 0.25) is 0 Å². The topological polar surface area (TPSA) is 123 Å². The molecule has 34 heavy (non-hydrogen) atoms. The molecule has 9 nitrogen and oxygen atoms in total. The number of nitriles is 1. The number of benzene rings is 2. The maximum Gasteiger partial charge on any atom is 0.336 e. The molecule has 0 saturated heterocycles. The highest BCUT2D eigenvalue weighted by Crippen LogP contribution is 2.23. The molecule has 3 heterocycles. The van der Waals surface area contributed by atoms with Crippen molar-refractivity contribution in [3.05, 3.63) is 88.4 Å². The fourth-order valence-corrected chi connectivity index (χ4v) is 3.61. The Morgan fingerprint density at radius 3 is 2.88 bits per heavy atom. The number of pyridine rings is 1. The molecule has 0 bridgehead atoms. The first-order chi connectivity index (χ1) is 16.5. The van der Waals surface area contributed by atoms with Gasteiger partial charge in [0.15, 0.2) is 18.2 Å². The van der Waals surface area contributed by atoms with E-state index in [0.29, 0.717) is 17.2 Å². The monoisotopic (exact) mass is 451 g/mol. The van der Waals surface area contributed by atoms with Gasteiger partial charge in [0.1, 0.15) is 23.0 Å². The summed E-state index contributed by atoms with van der Waals surface area (Å²) in [6, 6.07) is 19.7. The third-order valence-electron chi connectivity index (χ3n) is 5.24. The molecule has 5 aromatic rings. The Morgan fingerprint density at radius 1 is 1.18 bits per heavy atom. The van der Waals surface area contributed by atoms with E-state index in [9.17, 15) is 14.9 Å². The van der Waals surface area contributed by atoms with Gasteiger partial charge in [0.2, 0.25) is 0 Å². The molecule has 0 fully saturated rings. The second kappa shape index (κ2) is 8.52. The predicted molar refractivity (Wildman–Crippen MR) is 125 cm³/mol. The zero-order valence-corrected chi connectivity index (χ0v) is 18.0. The number of carbonyl (C=O) groups is 1. The zero-order chi connectivity index (χ0) is 23.7. The average molecular weight is 451 g/mol. The third-order valence-corrected chi connectivity index (χ3v) is 5.24. The molecule has 3 aromatic heterocycles. The maximum absolute atomic E-state index is 12.6. The van der Waals surface area contributed by atoms with Crippen molar-refractivity contribution in [2.75, 3.05) is 11.9 Å². The normalized spacial score (nSPS) is 10.8. The van der Waals surface area contributed by atoms with E-state index in [2.05, 4.69) is 15.4 Å². The molecule has 0 radical (unpaired) electrons.